The molecule has 2 N–H and O–H groups in total. The molecule has 0 saturated carbocycles. The van der Waals surface area contributed by atoms with Gasteiger partial charge >= 0.3 is 0 Å². The van der Waals surface area contributed by atoms with Crippen LogP contribution in [-0.2, 0) is 16.4 Å². The number of aromatic amines is 1. The van der Waals surface area contributed by atoms with Gasteiger partial charge in [-0.05, 0) is 42.3 Å². The molecule has 0 spiro atoms. The van der Waals surface area contributed by atoms with Crippen LogP contribution in [0.15, 0.2) is 64.9 Å². The van der Waals surface area contributed by atoms with Gasteiger partial charge in [0.2, 0.25) is 0 Å². The number of aromatic nitrogens is 3. The van der Waals surface area contributed by atoms with E-state index in [2.05, 4.69) is 20.5 Å². The van der Waals surface area contributed by atoms with Crippen LogP contribution in [0, 0.1) is 0 Å². The van der Waals surface area contributed by atoms with E-state index in [-0.39, 0.29) is 10.8 Å². The number of nitrogens with zero attached hydrogens (tertiary/aromatic N) is 3. The average Bonchev–Trinajstić information content (AvgIpc) is 3.41. The molecule has 0 unspecified atom stereocenters. The minimum absolute atomic E-state index is 0.185. The van der Waals surface area contributed by atoms with Crippen molar-refractivity contribution >= 4 is 33.4 Å². The summed E-state index contributed by atoms with van der Waals surface area (Å²) in [6, 6.07) is 13.5. The molecule has 0 radical (unpaired) electrons. The van der Waals surface area contributed by atoms with Crippen molar-refractivity contribution in [2.45, 2.75) is 16.5 Å². The number of thioether (sulfide) groups is 1. The van der Waals surface area contributed by atoms with E-state index in [4.69, 9.17) is 0 Å². The van der Waals surface area contributed by atoms with Crippen LogP contribution >= 0.6 is 11.8 Å². The highest BCUT2D eigenvalue weighted by molar-refractivity contribution is 7.99. The molecular weight excluding hydrogens is 410 g/mol. The normalized spacial score (nSPS) is 13.3. The van der Waals surface area contributed by atoms with E-state index < -0.39 is 10.0 Å². The van der Waals surface area contributed by atoms with Crippen LogP contribution in [0.4, 0.5) is 5.69 Å². The lowest BCUT2D eigenvalue weighted by molar-refractivity contribution is 0.0956. The number of rotatable bonds is 7. The number of hydrogen-bond donors (Lipinski definition) is 2. The van der Waals surface area contributed by atoms with E-state index in [1.165, 1.54) is 22.4 Å². The number of benzene rings is 2. The number of nitrogens with one attached hydrogen (secondary N) is 2. The molecule has 2 heterocycles. The molecule has 4 rings (SSSR count). The lowest BCUT2D eigenvalue weighted by atomic mass is 10.1. The number of sulfonamides is 1. The van der Waals surface area contributed by atoms with Gasteiger partial charge in [0, 0.05) is 24.4 Å². The molecule has 2 aromatic carbocycles. The smallest absolute Gasteiger partial charge is 0.264 e. The third kappa shape index (κ3) is 4.13. The lowest BCUT2D eigenvalue weighted by Crippen LogP contribution is -2.29. The van der Waals surface area contributed by atoms with Crippen molar-refractivity contribution in [2.75, 3.05) is 23.1 Å². The second-order valence-electron chi connectivity index (χ2n) is 6.38. The van der Waals surface area contributed by atoms with Crippen LogP contribution in [0.5, 0.6) is 0 Å². The standard InChI is InChI=1S/C19H19N5O3S2/c25-18(20-9-11-28-19-21-13-22-23-19)15-6-7-17-14(12-15)8-10-24(17)29(26,27)16-4-2-1-3-5-16/h1-7,12-13H,8-11H2,(H,20,25)(H,21,22,23). The van der Waals surface area contributed by atoms with E-state index in [0.29, 0.717) is 41.7 Å². The molecule has 3 aromatic rings. The Morgan fingerprint density at radius 1 is 1.21 bits per heavy atom. The number of anilines is 1. The molecule has 1 aliphatic rings. The summed E-state index contributed by atoms with van der Waals surface area (Å²) < 4.78 is 27.3. The van der Waals surface area contributed by atoms with Crippen LogP contribution in [0.3, 0.4) is 0 Å². The Morgan fingerprint density at radius 3 is 2.79 bits per heavy atom. The van der Waals surface area contributed by atoms with E-state index in [1.807, 2.05) is 0 Å². The van der Waals surface area contributed by atoms with Crippen molar-refractivity contribution in [3.8, 4) is 0 Å². The zero-order chi connectivity index (χ0) is 20.3. The van der Waals surface area contributed by atoms with Gasteiger partial charge in [-0.3, -0.25) is 14.2 Å². The Morgan fingerprint density at radius 2 is 2.03 bits per heavy atom. The highest BCUT2D eigenvalue weighted by Gasteiger charge is 2.31. The van der Waals surface area contributed by atoms with Crippen molar-refractivity contribution in [1.82, 2.24) is 20.5 Å². The zero-order valence-electron chi connectivity index (χ0n) is 15.4. The second-order valence-corrected chi connectivity index (χ2v) is 9.32. The molecule has 10 heteroatoms. The third-order valence-corrected chi connectivity index (χ3v) is 7.25. The molecule has 150 valence electrons. The molecular formula is C19H19N5O3S2. The van der Waals surface area contributed by atoms with Gasteiger partial charge in [-0.2, -0.15) is 5.10 Å². The molecule has 0 fully saturated rings. The summed E-state index contributed by atoms with van der Waals surface area (Å²) in [4.78, 5) is 16.7. The molecule has 0 bridgehead atoms. The third-order valence-electron chi connectivity index (χ3n) is 4.55. The predicted molar refractivity (Wildman–Crippen MR) is 111 cm³/mol. The average molecular weight is 430 g/mol. The van der Waals surface area contributed by atoms with Crippen molar-refractivity contribution in [3.05, 3.63) is 66.0 Å². The molecule has 29 heavy (non-hydrogen) atoms. The van der Waals surface area contributed by atoms with Crippen molar-refractivity contribution < 1.29 is 13.2 Å². The number of H-pyrrole nitrogens is 1. The topological polar surface area (TPSA) is 108 Å². The van der Waals surface area contributed by atoms with Crippen molar-refractivity contribution in [3.63, 3.8) is 0 Å². The van der Waals surface area contributed by atoms with Gasteiger partial charge in [-0.1, -0.05) is 30.0 Å². The molecule has 0 atom stereocenters. The van der Waals surface area contributed by atoms with Crippen LogP contribution < -0.4 is 9.62 Å². The molecule has 0 aliphatic carbocycles. The Bertz CT molecular complexity index is 1100. The first-order chi connectivity index (χ1) is 14.1. The van der Waals surface area contributed by atoms with Gasteiger partial charge in [-0.25, -0.2) is 13.4 Å². The summed E-state index contributed by atoms with van der Waals surface area (Å²) in [6.07, 6.45) is 2.01. The molecule has 1 aliphatic heterocycles. The van der Waals surface area contributed by atoms with Crippen LogP contribution in [0.25, 0.3) is 0 Å². The van der Waals surface area contributed by atoms with Crippen LogP contribution in [0.2, 0.25) is 0 Å². The number of amides is 1. The Balaban J connectivity index is 1.42. The minimum atomic E-state index is -3.61. The fourth-order valence-corrected chi connectivity index (χ4v) is 5.32. The summed E-state index contributed by atoms with van der Waals surface area (Å²) in [5.74, 6) is 0.477. The molecule has 1 amide bonds. The van der Waals surface area contributed by atoms with Gasteiger partial charge in [0.05, 0.1) is 10.6 Å². The molecule has 0 saturated heterocycles. The Kier molecular flexibility index (Phi) is 5.54. The first kappa shape index (κ1) is 19.5. The van der Waals surface area contributed by atoms with E-state index in [1.54, 1.807) is 48.5 Å². The van der Waals surface area contributed by atoms with Gasteiger partial charge in [0.25, 0.3) is 15.9 Å². The summed E-state index contributed by atoms with van der Waals surface area (Å²) in [5.41, 5.74) is 2.01. The maximum absolute atomic E-state index is 12.9. The van der Waals surface area contributed by atoms with Gasteiger partial charge in [-0.15, -0.1) is 0 Å². The molecule has 8 nitrogen and oxygen atoms in total. The highest BCUT2D eigenvalue weighted by Crippen LogP contribution is 2.33. The van der Waals surface area contributed by atoms with Gasteiger partial charge in [0.15, 0.2) is 5.16 Å². The SMILES string of the molecule is O=C(NCCSc1ncn[nH]1)c1ccc2c(c1)CCN2S(=O)(=O)c1ccccc1. The highest BCUT2D eigenvalue weighted by atomic mass is 32.2. The summed E-state index contributed by atoms with van der Waals surface area (Å²) in [7, 11) is -3.61. The Labute approximate surface area is 172 Å². The first-order valence-electron chi connectivity index (χ1n) is 9.03. The van der Waals surface area contributed by atoms with Crippen LogP contribution in [-0.4, -0.2) is 48.3 Å². The quantitative estimate of drug-likeness (QED) is 0.440. The monoisotopic (exact) mass is 429 g/mol. The predicted octanol–water partition coefficient (Wildman–Crippen LogP) is 2.08. The summed E-state index contributed by atoms with van der Waals surface area (Å²) in [6.45, 7) is 0.848. The number of hydrogen-bond acceptors (Lipinski definition) is 6. The molecule has 1 aromatic heterocycles. The fraction of sp³-hybridized carbons (Fsp3) is 0.211. The Hall–Kier alpha value is -2.85. The zero-order valence-corrected chi connectivity index (χ0v) is 17.0. The van der Waals surface area contributed by atoms with Crippen molar-refractivity contribution in [1.29, 1.82) is 0 Å². The maximum Gasteiger partial charge on any atom is 0.264 e. The lowest BCUT2D eigenvalue weighted by Gasteiger charge is -2.19. The maximum atomic E-state index is 12.9. The summed E-state index contributed by atoms with van der Waals surface area (Å²) in [5, 5.41) is 10.1. The van der Waals surface area contributed by atoms with E-state index in [0.717, 1.165) is 5.56 Å². The number of carbonyl (C=O) groups excluding carboxylic acids is 1. The van der Waals surface area contributed by atoms with Crippen LogP contribution in [0.1, 0.15) is 15.9 Å². The fourth-order valence-electron chi connectivity index (χ4n) is 3.16. The van der Waals surface area contributed by atoms with Gasteiger partial charge in [0.1, 0.15) is 6.33 Å². The minimum Gasteiger partial charge on any atom is -0.351 e. The first-order valence-corrected chi connectivity index (χ1v) is 11.5. The second kappa shape index (κ2) is 8.26. The van der Waals surface area contributed by atoms with E-state index in [9.17, 15) is 13.2 Å². The largest absolute Gasteiger partial charge is 0.351 e. The number of fused-ring (bicyclic) bond motifs is 1. The number of carbonyl (C=O) groups is 1. The van der Waals surface area contributed by atoms with E-state index >= 15 is 0 Å². The summed E-state index contributed by atoms with van der Waals surface area (Å²) >= 11 is 1.47. The van der Waals surface area contributed by atoms with Gasteiger partial charge < -0.3 is 5.32 Å². The van der Waals surface area contributed by atoms with Crippen molar-refractivity contribution in [2.24, 2.45) is 0 Å².